The van der Waals surface area contributed by atoms with E-state index in [0.717, 1.165) is 6.26 Å². The molecule has 110 valence electrons. The van der Waals surface area contributed by atoms with Gasteiger partial charge < -0.3 is 15.3 Å². The van der Waals surface area contributed by atoms with Crippen LogP contribution in [0.2, 0.25) is 0 Å². The van der Waals surface area contributed by atoms with Crippen LogP contribution in [0.5, 0.6) is 0 Å². The van der Waals surface area contributed by atoms with Crippen molar-refractivity contribution in [2.45, 2.75) is 19.3 Å². The Hall–Kier alpha value is -1.31. The van der Waals surface area contributed by atoms with Gasteiger partial charge in [0.15, 0.2) is 0 Å². The number of aliphatic carboxylic acids is 1. The van der Waals surface area contributed by atoms with Gasteiger partial charge >= 0.3 is 12.0 Å². The Bertz CT molecular complexity index is 434. The lowest BCUT2D eigenvalue weighted by Gasteiger charge is -2.30. The number of piperidine rings is 1. The standard InChI is InChI=1S/C11H20N2O5S/c1-19(17,18)7-3-5-12-11(16)13-6-2-4-9(8-13)10(14)15/h9H,2-8H2,1H3,(H,12,16)(H,14,15)/t9-/m1/s1. The van der Waals surface area contributed by atoms with E-state index in [0.29, 0.717) is 25.8 Å². The molecular formula is C11H20N2O5S. The van der Waals surface area contributed by atoms with Crippen molar-refractivity contribution in [3.05, 3.63) is 0 Å². The molecule has 19 heavy (non-hydrogen) atoms. The second-order valence-corrected chi connectivity index (χ2v) is 7.10. The molecule has 1 heterocycles. The number of carboxylic acids is 1. The number of likely N-dealkylation sites (tertiary alicyclic amines) is 1. The van der Waals surface area contributed by atoms with Crippen molar-refractivity contribution in [3.8, 4) is 0 Å². The van der Waals surface area contributed by atoms with Crippen molar-refractivity contribution < 1.29 is 23.1 Å². The lowest BCUT2D eigenvalue weighted by molar-refractivity contribution is -0.143. The highest BCUT2D eigenvalue weighted by atomic mass is 32.2. The normalized spacial score (nSPS) is 20.1. The van der Waals surface area contributed by atoms with E-state index in [-0.39, 0.29) is 24.9 Å². The molecule has 0 aromatic carbocycles. The Labute approximate surface area is 112 Å². The quantitative estimate of drug-likeness (QED) is 0.690. The first-order valence-electron chi connectivity index (χ1n) is 6.23. The smallest absolute Gasteiger partial charge is 0.317 e. The van der Waals surface area contributed by atoms with Crippen LogP contribution in [-0.4, -0.2) is 62.1 Å². The average molecular weight is 292 g/mol. The molecule has 2 amide bonds. The van der Waals surface area contributed by atoms with E-state index in [4.69, 9.17) is 5.11 Å². The highest BCUT2D eigenvalue weighted by molar-refractivity contribution is 7.90. The van der Waals surface area contributed by atoms with Crippen LogP contribution in [0.15, 0.2) is 0 Å². The highest BCUT2D eigenvalue weighted by Crippen LogP contribution is 2.16. The lowest BCUT2D eigenvalue weighted by atomic mass is 9.99. The van der Waals surface area contributed by atoms with Crippen LogP contribution in [0, 0.1) is 5.92 Å². The van der Waals surface area contributed by atoms with Crippen molar-refractivity contribution in [3.63, 3.8) is 0 Å². The number of carbonyl (C=O) groups excluding carboxylic acids is 1. The molecule has 0 aromatic heterocycles. The molecule has 1 saturated heterocycles. The van der Waals surface area contributed by atoms with Crippen LogP contribution in [0.3, 0.4) is 0 Å². The molecule has 1 atom stereocenters. The molecule has 1 fully saturated rings. The van der Waals surface area contributed by atoms with Crippen molar-refractivity contribution in [1.29, 1.82) is 0 Å². The highest BCUT2D eigenvalue weighted by Gasteiger charge is 2.27. The lowest BCUT2D eigenvalue weighted by Crippen LogP contribution is -2.47. The van der Waals surface area contributed by atoms with Gasteiger partial charge in [0.05, 0.1) is 11.7 Å². The number of sulfone groups is 1. The van der Waals surface area contributed by atoms with Crippen molar-refractivity contribution >= 4 is 21.8 Å². The number of nitrogens with one attached hydrogen (secondary N) is 1. The topological polar surface area (TPSA) is 104 Å². The van der Waals surface area contributed by atoms with Crippen LogP contribution in [0.4, 0.5) is 4.79 Å². The summed E-state index contributed by atoms with van der Waals surface area (Å²) in [7, 11) is -3.01. The van der Waals surface area contributed by atoms with Crippen molar-refractivity contribution in [2.24, 2.45) is 5.92 Å². The molecule has 7 nitrogen and oxygen atoms in total. The number of amides is 2. The second-order valence-electron chi connectivity index (χ2n) is 4.84. The largest absolute Gasteiger partial charge is 0.481 e. The number of urea groups is 1. The Balaban J connectivity index is 2.31. The molecular weight excluding hydrogens is 272 g/mol. The Kier molecular flexibility index (Phi) is 5.59. The predicted molar refractivity (Wildman–Crippen MR) is 69.7 cm³/mol. The minimum atomic E-state index is -3.01. The molecule has 1 aliphatic heterocycles. The maximum absolute atomic E-state index is 11.8. The van der Waals surface area contributed by atoms with Gasteiger partial charge in [0.25, 0.3) is 0 Å². The van der Waals surface area contributed by atoms with Gasteiger partial charge in [-0.05, 0) is 19.3 Å². The van der Waals surface area contributed by atoms with Gasteiger partial charge in [0.2, 0.25) is 0 Å². The average Bonchev–Trinajstić information content (AvgIpc) is 2.33. The maximum Gasteiger partial charge on any atom is 0.317 e. The van der Waals surface area contributed by atoms with E-state index in [9.17, 15) is 18.0 Å². The van der Waals surface area contributed by atoms with Gasteiger partial charge in [-0.15, -0.1) is 0 Å². The van der Waals surface area contributed by atoms with Gasteiger partial charge in [-0.2, -0.15) is 0 Å². The van der Waals surface area contributed by atoms with Crippen LogP contribution < -0.4 is 5.32 Å². The summed E-state index contributed by atoms with van der Waals surface area (Å²) in [4.78, 5) is 24.1. The van der Waals surface area contributed by atoms with Crippen LogP contribution in [-0.2, 0) is 14.6 Å². The fourth-order valence-electron chi connectivity index (χ4n) is 2.00. The summed E-state index contributed by atoms with van der Waals surface area (Å²) in [6.07, 6.45) is 2.78. The molecule has 0 aliphatic carbocycles. The van der Waals surface area contributed by atoms with E-state index >= 15 is 0 Å². The van der Waals surface area contributed by atoms with Gasteiger partial charge in [0, 0.05) is 25.9 Å². The van der Waals surface area contributed by atoms with E-state index in [1.807, 2.05) is 0 Å². The van der Waals surface area contributed by atoms with E-state index in [2.05, 4.69) is 5.32 Å². The third kappa shape index (κ3) is 5.91. The predicted octanol–water partition coefficient (Wildman–Crippen LogP) is -0.0727. The minimum Gasteiger partial charge on any atom is -0.481 e. The summed E-state index contributed by atoms with van der Waals surface area (Å²) in [6, 6.07) is -0.320. The fraction of sp³-hybridized carbons (Fsp3) is 0.818. The molecule has 0 radical (unpaired) electrons. The number of nitrogens with zero attached hydrogens (tertiary/aromatic N) is 1. The third-order valence-corrected chi connectivity index (χ3v) is 4.06. The number of carboxylic acid groups (broad SMARTS) is 1. The molecule has 0 unspecified atom stereocenters. The molecule has 2 N–H and O–H groups in total. The van der Waals surface area contributed by atoms with Crippen molar-refractivity contribution in [1.82, 2.24) is 10.2 Å². The second kappa shape index (κ2) is 6.74. The van der Waals surface area contributed by atoms with Gasteiger partial charge in [-0.1, -0.05) is 0 Å². The first-order chi connectivity index (χ1) is 8.79. The van der Waals surface area contributed by atoms with Gasteiger partial charge in [-0.3, -0.25) is 4.79 Å². The van der Waals surface area contributed by atoms with Crippen LogP contribution in [0.1, 0.15) is 19.3 Å². The van der Waals surface area contributed by atoms with Gasteiger partial charge in [-0.25, -0.2) is 13.2 Å². The number of carbonyl (C=O) groups is 2. The minimum absolute atomic E-state index is 0.0328. The zero-order valence-corrected chi connectivity index (χ0v) is 11.8. The zero-order chi connectivity index (χ0) is 14.5. The van der Waals surface area contributed by atoms with E-state index < -0.39 is 21.7 Å². The van der Waals surface area contributed by atoms with Gasteiger partial charge in [0.1, 0.15) is 9.84 Å². The summed E-state index contributed by atoms with van der Waals surface area (Å²) in [5.74, 6) is -1.35. The number of hydrogen-bond acceptors (Lipinski definition) is 4. The molecule has 8 heteroatoms. The Morgan fingerprint density at radius 1 is 1.42 bits per heavy atom. The molecule has 1 aliphatic rings. The Morgan fingerprint density at radius 2 is 2.11 bits per heavy atom. The SMILES string of the molecule is CS(=O)(=O)CCCNC(=O)N1CCC[C@@H](C(=O)O)C1. The first-order valence-corrected chi connectivity index (χ1v) is 8.29. The molecule has 0 saturated carbocycles. The first kappa shape index (κ1) is 15.7. The van der Waals surface area contributed by atoms with Crippen LogP contribution >= 0.6 is 0 Å². The number of hydrogen-bond donors (Lipinski definition) is 2. The summed E-state index contributed by atoms with van der Waals surface area (Å²) < 4.78 is 21.8. The van der Waals surface area contributed by atoms with E-state index in [1.54, 1.807) is 0 Å². The maximum atomic E-state index is 11.8. The molecule has 0 bridgehead atoms. The summed E-state index contributed by atoms with van der Waals surface area (Å²) >= 11 is 0. The Morgan fingerprint density at radius 3 is 2.68 bits per heavy atom. The fourth-order valence-corrected chi connectivity index (χ4v) is 2.67. The molecule has 0 aromatic rings. The van der Waals surface area contributed by atoms with E-state index in [1.165, 1.54) is 4.90 Å². The van der Waals surface area contributed by atoms with Crippen molar-refractivity contribution in [2.75, 3.05) is 31.6 Å². The molecule has 1 rings (SSSR count). The molecule has 0 spiro atoms. The zero-order valence-electron chi connectivity index (χ0n) is 11.0. The number of rotatable bonds is 5. The monoisotopic (exact) mass is 292 g/mol. The summed E-state index contributed by atoms with van der Waals surface area (Å²) in [6.45, 7) is 1.04. The summed E-state index contributed by atoms with van der Waals surface area (Å²) in [5.41, 5.74) is 0. The van der Waals surface area contributed by atoms with Crippen LogP contribution in [0.25, 0.3) is 0 Å². The summed E-state index contributed by atoms with van der Waals surface area (Å²) in [5, 5.41) is 11.5. The third-order valence-electron chi connectivity index (χ3n) is 3.03.